The maximum absolute atomic E-state index is 12.7. The molecule has 1 heterocycles. The van der Waals surface area contributed by atoms with E-state index in [1.165, 1.54) is 5.56 Å². The number of hydrogen-bond acceptors (Lipinski definition) is 4. The van der Waals surface area contributed by atoms with Crippen LogP contribution in [0.15, 0.2) is 30.5 Å². The van der Waals surface area contributed by atoms with Gasteiger partial charge in [0.25, 0.3) is 0 Å². The van der Waals surface area contributed by atoms with Gasteiger partial charge in [0.05, 0.1) is 18.9 Å². The molecule has 1 saturated carbocycles. The van der Waals surface area contributed by atoms with E-state index < -0.39 is 11.3 Å². The summed E-state index contributed by atoms with van der Waals surface area (Å²) in [4.78, 5) is 12.7. The molecule has 1 aromatic heterocycles. The summed E-state index contributed by atoms with van der Waals surface area (Å²) < 4.78 is 7.18. The highest BCUT2D eigenvalue weighted by Crippen LogP contribution is 2.55. The highest BCUT2D eigenvalue weighted by molar-refractivity contribution is 5.87. The van der Waals surface area contributed by atoms with Gasteiger partial charge in [-0.15, -0.1) is 0 Å². The van der Waals surface area contributed by atoms with Crippen molar-refractivity contribution in [2.75, 3.05) is 7.11 Å². The average molecular weight is 349 g/mol. The number of nitrogens with zero attached hydrogens (tertiary/aromatic N) is 3. The lowest BCUT2D eigenvalue weighted by Gasteiger charge is -2.50. The molecule has 2 aliphatic carbocycles. The summed E-state index contributed by atoms with van der Waals surface area (Å²) in [6, 6.07) is 10.3. The monoisotopic (exact) mass is 349 g/mol. The SMILES string of the molecule is COc1ccc([C@@]23CC(C#N)C(=O)[C@@H](C)[C@@H]2CCc2cn(C)nc23)cc1. The molecule has 0 N–H and O–H groups in total. The first-order valence-corrected chi connectivity index (χ1v) is 9.12. The van der Waals surface area contributed by atoms with Crippen molar-refractivity contribution in [3.8, 4) is 11.8 Å². The minimum Gasteiger partial charge on any atom is -0.497 e. The minimum atomic E-state index is -0.587. The van der Waals surface area contributed by atoms with Crippen LogP contribution in [0.25, 0.3) is 0 Å². The van der Waals surface area contributed by atoms with E-state index in [-0.39, 0.29) is 17.6 Å². The molecule has 4 atom stereocenters. The topological polar surface area (TPSA) is 67.9 Å². The van der Waals surface area contributed by atoms with Crippen LogP contribution in [-0.2, 0) is 23.7 Å². The van der Waals surface area contributed by atoms with Crippen LogP contribution in [0.1, 0.15) is 36.6 Å². The van der Waals surface area contributed by atoms with Crippen LogP contribution in [0.3, 0.4) is 0 Å². The van der Waals surface area contributed by atoms with Gasteiger partial charge in [-0.1, -0.05) is 19.1 Å². The summed E-state index contributed by atoms with van der Waals surface area (Å²) in [7, 11) is 3.59. The van der Waals surface area contributed by atoms with E-state index in [0.717, 1.165) is 29.8 Å². The molecule has 2 aromatic rings. The zero-order valence-corrected chi connectivity index (χ0v) is 15.4. The van der Waals surface area contributed by atoms with Crippen LogP contribution in [0.4, 0.5) is 0 Å². The molecule has 0 radical (unpaired) electrons. The second-order valence-electron chi connectivity index (χ2n) is 7.60. The van der Waals surface area contributed by atoms with Gasteiger partial charge in [0.2, 0.25) is 0 Å². The number of rotatable bonds is 2. The Labute approximate surface area is 153 Å². The molecule has 1 aromatic carbocycles. The predicted octanol–water partition coefficient (Wildman–Crippen LogP) is 3.03. The van der Waals surface area contributed by atoms with Gasteiger partial charge < -0.3 is 4.74 Å². The van der Waals surface area contributed by atoms with Crippen molar-refractivity contribution in [1.82, 2.24) is 9.78 Å². The van der Waals surface area contributed by atoms with Gasteiger partial charge in [0.15, 0.2) is 5.78 Å². The first kappa shape index (κ1) is 16.8. The summed E-state index contributed by atoms with van der Waals surface area (Å²) in [6.45, 7) is 1.99. The molecule has 4 rings (SSSR count). The van der Waals surface area contributed by atoms with E-state index in [0.29, 0.717) is 6.42 Å². The first-order chi connectivity index (χ1) is 12.5. The van der Waals surface area contributed by atoms with Crippen LogP contribution in [0.2, 0.25) is 0 Å². The van der Waals surface area contributed by atoms with Crippen LogP contribution < -0.4 is 4.74 Å². The number of benzene rings is 1. The maximum Gasteiger partial charge on any atom is 0.153 e. The quantitative estimate of drug-likeness (QED) is 0.836. The molecular weight excluding hydrogens is 326 g/mol. The number of nitriles is 1. The Morgan fingerprint density at radius 3 is 2.73 bits per heavy atom. The Kier molecular flexibility index (Phi) is 3.87. The van der Waals surface area contributed by atoms with Crippen molar-refractivity contribution < 1.29 is 9.53 Å². The molecule has 1 fully saturated rings. The van der Waals surface area contributed by atoms with Crippen LogP contribution in [0, 0.1) is 29.1 Å². The smallest absolute Gasteiger partial charge is 0.153 e. The largest absolute Gasteiger partial charge is 0.497 e. The molecule has 5 nitrogen and oxygen atoms in total. The lowest BCUT2D eigenvalue weighted by Crippen LogP contribution is -2.52. The van der Waals surface area contributed by atoms with Crippen molar-refractivity contribution >= 4 is 5.78 Å². The van der Waals surface area contributed by atoms with Crippen molar-refractivity contribution in [3.05, 3.63) is 47.3 Å². The van der Waals surface area contributed by atoms with E-state index >= 15 is 0 Å². The van der Waals surface area contributed by atoms with E-state index in [4.69, 9.17) is 9.84 Å². The fourth-order valence-electron chi connectivity index (χ4n) is 5.16. The first-order valence-electron chi connectivity index (χ1n) is 9.12. The molecule has 0 spiro atoms. The number of aromatic nitrogens is 2. The molecule has 26 heavy (non-hydrogen) atoms. The van der Waals surface area contributed by atoms with Crippen LogP contribution in [0.5, 0.6) is 5.75 Å². The van der Waals surface area contributed by atoms with Crippen molar-refractivity contribution in [3.63, 3.8) is 0 Å². The maximum atomic E-state index is 12.7. The summed E-state index contributed by atoms with van der Waals surface area (Å²) in [5.74, 6) is 0.314. The summed E-state index contributed by atoms with van der Waals surface area (Å²) in [5, 5.41) is 14.5. The second kappa shape index (κ2) is 5.98. The van der Waals surface area contributed by atoms with Gasteiger partial charge in [-0.25, -0.2) is 0 Å². The fraction of sp³-hybridized carbons (Fsp3) is 0.476. The molecular formula is C21H23N3O2. The highest BCUT2D eigenvalue weighted by Gasteiger charge is 2.56. The number of ether oxygens (including phenoxy) is 1. The van der Waals surface area contributed by atoms with Gasteiger partial charge in [0.1, 0.15) is 11.7 Å². The molecule has 0 aliphatic heterocycles. The Balaban J connectivity index is 1.96. The van der Waals surface area contributed by atoms with E-state index in [9.17, 15) is 10.1 Å². The summed E-state index contributed by atoms with van der Waals surface area (Å²) in [5.41, 5.74) is 3.01. The summed E-state index contributed by atoms with van der Waals surface area (Å²) in [6.07, 6.45) is 4.46. The molecule has 2 aliphatic rings. The molecule has 0 bridgehead atoms. The van der Waals surface area contributed by atoms with Gasteiger partial charge >= 0.3 is 0 Å². The number of carbonyl (C=O) groups excluding carboxylic acids is 1. The lowest BCUT2D eigenvalue weighted by atomic mass is 9.51. The van der Waals surface area contributed by atoms with E-state index in [1.54, 1.807) is 7.11 Å². The molecule has 1 unspecified atom stereocenters. The number of hydrogen-bond donors (Lipinski definition) is 0. The average Bonchev–Trinajstić information content (AvgIpc) is 3.05. The number of fused-ring (bicyclic) bond motifs is 3. The molecule has 0 amide bonds. The minimum absolute atomic E-state index is 0.0843. The Bertz CT molecular complexity index is 893. The third kappa shape index (κ3) is 2.21. The number of Topliss-reactive ketones (excluding diaryl/α,β-unsaturated/α-hetero) is 1. The summed E-state index contributed by atoms with van der Waals surface area (Å²) >= 11 is 0. The molecule has 5 heteroatoms. The van der Waals surface area contributed by atoms with E-state index in [1.807, 2.05) is 30.8 Å². The van der Waals surface area contributed by atoms with Gasteiger partial charge in [-0.2, -0.15) is 10.4 Å². The Morgan fingerprint density at radius 2 is 2.08 bits per heavy atom. The zero-order valence-electron chi connectivity index (χ0n) is 15.4. The zero-order chi connectivity index (χ0) is 18.5. The van der Waals surface area contributed by atoms with Gasteiger partial charge in [-0.05, 0) is 48.4 Å². The third-order valence-corrected chi connectivity index (χ3v) is 6.37. The number of carbonyl (C=O) groups is 1. The van der Waals surface area contributed by atoms with Crippen LogP contribution in [-0.4, -0.2) is 22.7 Å². The molecule has 134 valence electrons. The lowest BCUT2D eigenvalue weighted by molar-refractivity contribution is -0.131. The number of methoxy groups -OCH3 is 1. The highest BCUT2D eigenvalue weighted by atomic mass is 16.5. The van der Waals surface area contributed by atoms with Crippen molar-refractivity contribution in [1.29, 1.82) is 5.26 Å². The second-order valence-corrected chi connectivity index (χ2v) is 7.60. The van der Waals surface area contributed by atoms with Gasteiger partial charge in [-0.3, -0.25) is 9.48 Å². The Morgan fingerprint density at radius 1 is 1.35 bits per heavy atom. The van der Waals surface area contributed by atoms with Gasteiger partial charge in [0, 0.05) is 24.6 Å². The number of aryl methyl sites for hydroxylation is 2. The normalized spacial score (nSPS) is 30.2. The predicted molar refractivity (Wildman–Crippen MR) is 96.7 cm³/mol. The fourth-order valence-corrected chi connectivity index (χ4v) is 5.16. The van der Waals surface area contributed by atoms with Crippen molar-refractivity contribution in [2.45, 2.75) is 31.6 Å². The Hall–Kier alpha value is -2.61. The van der Waals surface area contributed by atoms with Crippen molar-refractivity contribution in [2.24, 2.45) is 24.8 Å². The van der Waals surface area contributed by atoms with E-state index in [2.05, 4.69) is 24.4 Å². The number of ketones is 1. The molecule has 0 saturated heterocycles. The third-order valence-electron chi connectivity index (χ3n) is 6.37. The van der Waals surface area contributed by atoms with Crippen LogP contribution >= 0.6 is 0 Å². The standard InChI is InChI=1S/C21H23N3O2/c1-13-18-9-4-14-12-24(2)23-20(14)21(18,10-15(11-22)19(13)25)16-5-7-17(26-3)8-6-16/h5-8,12-13,15,18H,4,9-10H2,1-3H3/t13-,15?,18-,21-/m0/s1.